The smallest absolute Gasteiger partial charge is 0.0991 e. The molecule has 0 spiro atoms. The normalized spacial score (nSPS) is 21.1. The van der Waals surface area contributed by atoms with Crippen molar-refractivity contribution in [1.82, 2.24) is 20.1 Å². The number of nitrogens with one attached hydrogen (secondary N) is 2. The first-order chi connectivity index (χ1) is 18.5. The van der Waals surface area contributed by atoms with Crippen LogP contribution < -0.4 is 10.2 Å². The first-order valence-electron chi connectivity index (χ1n) is 14.2. The van der Waals surface area contributed by atoms with Crippen molar-refractivity contribution >= 4 is 16.6 Å². The highest BCUT2D eigenvalue weighted by Gasteiger charge is 2.45. The third-order valence-corrected chi connectivity index (χ3v) is 8.94. The second-order valence-electron chi connectivity index (χ2n) is 11.6. The number of aromatic amines is 1. The summed E-state index contributed by atoms with van der Waals surface area (Å²) in [7, 11) is 0. The Hall–Kier alpha value is -2.89. The fraction of sp³-hybridized carbons (Fsp3) is 0.516. The Balaban J connectivity index is 1.04. The number of fused-ring (bicyclic) bond motifs is 1. The largest absolute Gasteiger partial charge is 0.377 e. The molecule has 3 saturated heterocycles. The molecular weight excluding hydrogens is 472 g/mol. The van der Waals surface area contributed by atoms with Gasteiger partial charge >= 0.3 is 0 Å². The monoisotopic (exact) mass is 512 g/mol. The molecule has 3 aliphatic rings. The molecule has 7 heteroatoms. The highest BCUT2D eigenvalue weighted by molar-refractivity contribution is 5.87. The van der Waals surface area contributed by atoms with E-state index in [1.807, 2.05) is 18.2 Å². The summed E-state index contributed by atoms with van der Waals surface area (Å²) in [6, 6.07) is 20.2. The van der Waals surface area contributed by atoms with Crippen LogP contribution >= 0.6 is 0 Å². The Morgan fingerprint density at radius 3 is 2.50 bits per heavy atom. The van der Waals surface area contributed by atoms with Crippen LogP contribution in [-0.4, -0.2) is 91.4 Å². The lowest BCUT2D eigenvalue weighted by molar-refractivity contribution is -0.149. The highest BCUT2D eigenvalue weighted by Crippen LogP contribution is 2.30. The van der Waals surface area contributed by atoms with Crippen LogP contribution in [0.1, 0.15) is 32.3 Å². The molecule has 0 radical (unpaired) electrons. The van der Waals surface area contributed by atoms with Gasteiger partial charge in [-0.05, 0) is 68.7 Å². The molecule has 3 aromatic rings. The van der Waals surface area contributed by atoms with Crippen LogP contribution in [0.15, 0.2) is 48.5 Å². The third kappa shape index (κ3) is 5.06. The number of nitriles is 1. The summed E-state index contributed by atoms with van der Waals surface area (Å²) < 4.78 is 5.74. The van der Waals surface area contributed by atoms with Gasteiger partial charge in [-0.1, -0.05) is 12.1 Å². The number of nitrogens with zero attached hydrogens (tertiary/aromatic N) is 4. The standard InChI is InChI=1S/C31H40N6O/c1-23(2)35-12-14-37(15-13-35)31(21-38-22-31)20-33-27-8-10-36(11-9-27)28-5-3-4-25(17-28)30-18-26-16-24(19-32)6-7-29(26)34-30/h3-7,16-18,23,27,33-34H,8-15,20-22H2,1-2H3. The van der Waals surface area contributed by atoms with E-state index in [0.717, 1.165) is 88.5 Å². The number of rotatable bonds is 7. The van der Waals surface area contributed by atoms with Gasteiger partial charge in [-0.15, -0.1) is 0 Å². The molecule has 0 unspecified atom stereocenters. The van der Waals surface area contributed by atoms with E-state index < -0.39 is 0 Å². The first kappa shape index (κ1) is 25.4. The van der Waals surface area contributed by atoms with Crippen LogP contribution in [0.25, 0.3) is 22.2 Å². The zero-order chi connectivity index (χ0) is 26.1. The van der Waals surface area contributed by atoms with E-state index in [4.69, 9.17) is 4.74 Å². The highest BCUT2D eigenvalue weighted by atomic mass is 16.5. The molecule has 38 heavy (non-hydrogen) atoms. The van der Waals surface area contributed by atoms with Crippen molar-refractivity contribution in [1.29, 1.82) is 5.26 Å². The van der Waals surface area contributed by atoms with Gasteiger partial charge in [0.25, 0.3) is 0 Å². The molecule has 3 fully saturated rings. The van der Waals surface area contributed by atoms with E-state index in [9.17, 15) is 5.26 Å². The number of piperazine rings is 1. The summed E-state index contributed by atoms with van der Waals surface area (Å²) in [6.07, 6.45) is 2.32. The fourth-order valence-electron chi connectivity index (χ4n) is 6.35. The minimum atomic E-state index is 0.183. The lowest BCUT2D eigenvalue weighted by atomic mass is 9.92. The van der Waals surface area contributed by atoms with Gasteiger partial charge < -0.3 is 19.9 Å². The lowest BCUT2D eigenvalue weighted by Crippen LogP contribution is -2.70. The van der Waals surface area contributed by atoms with Gasteiger partial charge in [-0.2, -0.15) is 5.26 Å². The minimum Gasteiger partial charge on any atom is -0.377 e. The second-order valence-corrected chi connectivity index (χ2v) is 11.6. The average molecular weight is 513 g/mol. The zero-order valence-electron chi connectivity index (χ0n) is 22.7. The summed E-state index contributed by atoms with van der Waals surface area (Å²) in [5.74, 6) is 0. The summed E-state index contributed by atoms with van der Waals surface area (Å²) >= 11 is 0. The molecule has 200 valence electrons. The molecule has 0 bridgehead atoms. The molecule has 2 N–H and O–H groups in total. The molecule has 4 heterocycles. The quantitative estimate of drug-likeness (QED) is 0.498. The van der Waals surface area contributed by atoms with Gasteiger partial charge in [0.2, 0.25) is 0 Å². The number of ether oxygens (including phenoxy) is 1. The molecule has 1 aromatic heterocycles. The van der Waals surface area contributed by atoms with Gasteiger partial charge in [-0.25, -0.2) is 0 Å². The van der Waals surface area contributed by atoms with Crippen molar-refractivity contribution in [3.63, 3.8) is 0 Å². The van der Waals surface area contributed by atoms with Crippen LogP contribution in [0, 0.1) is 11.3 Å². The molecule has 0 saturated carbocycles. The Labute approximate surface area is 226 Å². The predicted octanol–water partition coefficient (Wildman–Crippen LogP) is 4.06. The number of hydrogen-bond acceptors (Lipinski definition) is 6. The summed E-state index contributed by atoms with van der Waals surface area (Å²) in [6.45, 7) is 14.1. The van der Waals surface area contributed by atoms with Crippen LogP contribution in [0.2, 0.25) is 0 Å². The minimum absolute atomic E-state index is 0.183. The van der Waals surface area contributed by atoms with E-state index in [1.54, 1.807) is 0 Å². The zero-order valence-corrected chi connectivity index (χ0v) is 22.7. The summed E-state index contributed by atoms with van der Waals surface area (Å²) in [4.78, 5) is 11.3. The van der Waals surface area contributed by atoms with Crippen molar-refractivity contribution in [2.75, 3.05) is 63.9 Å². The summed E-state index contributed by atoms with van der Waals surface area (Å²) in [5.41, 5.74) is 5.50. The Bertz CT molecular complexity index is 1290. The molecule has 6 rings (SSSR count). The maximum Gasteiger partial charge on any atom is 0.0991 e. The fourth-order valence-corrected chi connectivity index (χ4v) is 6.35. The molecular formula is C31H40N6O. The van der Waals surface area contributed by atoms with Crippen LogP contribution in [-0.2, 0) is 4.74 Å². The van der Waals surface area contributed by atoms with Crippen LogP contribution in [0.3, 0.4) is 0 Å². The summed E-state index contributed by atoms with van der Waals surface area (Å²) in [5, 5.41) is 14.2. The van der Waals surface area contributed by atoms with Gasteiger partial charge in [0.1, 0.15) is 0 Å². The second kappa shape index (κ2) is 10.7. The Morgan fingerprint density at radius 2 is 1.82 bits per heavy atom. The van der Waals surface area contributed by atoms with E-state index in [2.05, 4.69) is 75.2 Å². The maximum atomic E-state index is 9.21. The van der Waals surface area contributed by atoms with Crippen molar-refractivity contribution in [2.45, 2.75) is 44.3 Å². The van der Waals surface area contributed by atoms with E-state index in [0.29, 0.717) is 17.6 Å². The van der Waals surface area contributed by atoms with Crippen LogP contribution in [0.4, 0.5) is 5.69 Å². The Kier molecular flexibility index (Phi) is 7.15. The van der Waals surface area contributed by atoms with Crippen molar-refractivity contribution in [3.8, 4) is 17.3 Å². The van der Waals surface area contributed by atoms with Gasteiger partial charge in [0, 0.05) is 80.2 Å². The van der Waals surface area contributed by atoms with Gasteiger partial charge in [-0.3, -0.25) is 9.80 Å². The number of hydrogen-bond donors (Lipinski definition) is 2. The number of H-pyrrole nitrogens is 1. The first-order valence-corrected chi connectivity index (χ1v) is 14.2. The van der Waals surface area contributed by atoms with Crippen molar-refractivity contribution in [3.05, 3.63) is 54.1 Å². The SMILES string of the molecule is CC(C)N1CCN(C2(CNC3CCN(c4cccc(-c5cc6cc(C#N)ccc6[nH]5)c4)CC3)COC2)CC1. The van der Waals surface area contributed by atoms with E-state index in [1.165, 1.54) is 11.3 Å². The maximum absolute atomic E-state index is 9.21. The molecule has 0 aliphatic carbocycles. The molecule has 2 aromatic carbocycles. The average Bonchev–Trinajstić information content (AvgIpc) is 3.37. The molecule has 7 nitrogen and oxygen atoms in total. The van der Waals surface area contributed by atoms with Gasteiger partial charge in [0.15, 0.2) is 0 Å². The topological polar surface area (TPSA) is 70.6 Å². The number of anilines is 1. The third-order valence-electron chi connectivity index (χ3n) is 8.94. The van der Waals surface area contributed by atoms with Crippen LogP contribution in [0.5, 0.6) is 0 Å². The van der Waals surface area contributed by atoms with Crippen molar-refractivity contribution in [2.24, 2.45) is 0 Å². The number of benzene rings is 2. The molecule has 3 aliphatic heterocycles. The number of aromatic nitrogens is 1. The van der Waals surface area contributed by atoms with Crippen molar-refractivity contribution < 1.29 is 4.74 Å². The van der Waals surface area contributed by atoms with Gasteiger partial charge in [0.05, 0.1) is 30.4 Å². The predicted molar refractivity (Wildman–Crippen MR) is 154 cm³/mol. The lowest BCUT2D eigenvalue weighted by Gasteiger charge is -2.53. The Morgan fingerprint density at radius 1 is 1.03 bits per heavy atom. The van der Waals surface area contributed by atoms with E-state index in [-0.39, 0.29) is 5.54 Å². The molecule has 0 amide bonds. The van der Waals surface area contributed by atoms with E-state index >= 15 is 0 Å². The molecule has 0 atom stereocenters. The number of piperidine rings is 1.